The Morgan fingerprint density at radius 1 is 1.39 bits per heavy atom. The fraction of sp³-hybridized carbons (Fsp3) is 0.929. The first kappa shape index (κ1) is 14.2. The van der Waals surface area contributed by atoms with Crippen LogP contribution in [0.25, 0.3) is 0 Å². The maximum Gasteiger partial charge on any atom is 0.324 e. The van der Waals surface area contributed by atoms with Crippen LogP contribution in [0.3, 0.4) is 0 Å². The summed E-state index contributed by atoms with van der Waals surface area (Å²) < 4.78 is 5.78. The summed E-state index contributed by atoms with van der Waals surface area (Å²) in [6.45, 7) is 6.68. The molecule has 0 unspecified atom stereocenters. The van der Waals surface area contributed by atoms with Crippen molar-refractivity contribution in [3.8, 4) is 0 Å². The predicted octanol–water partition coefficient (Wildman–Crippen LogP) is 2.80. The molecule has 1 saturated heterocycles. The standard InChI is InChI=1S/C14H25NO2S/c1-10(2)11-4-6-14(3,7-5-11)17-13(16)12-8-18-9-15-12/h10-12,15H,4-9H2,1-3H3/t11?,12-,14?/m0/s1. The zero-order valence-corrected chi connectivity index (χ0v) is 12.5. The number of hydrogen-bond donors (Lipinski definition) is 1. The quantitative estimate of drug-likeness (QED) is 0.801. The molecular formula is C14H25NO2S. The van der Waals surface area contributed by atoms with Crippen LogP contribution in [0.15, 0.2) is 0 Å². The lowest BCUT2D eigenvalue weighted by Crippen LogP contribution is -2.43. The van der Waals surface area contributed by atoms with Crippen molar-refractivity contribution in [3.05, 3.63) is 0 Å². The van der Waals surface area contributed by atoms with Crippen LogP contribution in [0.4, 0.5) is 0 Å². The fourth-order valence-electron chi connectivity index (χ4n) is 2.88. The van der Waals surface area contributed by atoms with E-state index in [9.17, 15) is 4.79 Å². The molecule has 0 spiro atoms. The molecule has 1 aliphatic carbocycles. The number of nitrogens with one attached hydrogen (secondary N) is 1. The molecule has 104 valence electrons. The van der Waals surface area contributed by atoms with E-state index in [4.69, 9.17) is 4.74 Å². The van der Waals surface area contributed by atoms with Crippen LogP contribution in [0.5, 0.6) is 0 Å². The third kappa shape index (κ3) is 3.41. The van der Waals surface area contributed by atoms with E-state index in [-0.39, 0.29) is 17.6 Å². The van der Waals surface area contributed by atoms with Crippen LogP contribution in [0, 0.1) is 11.8 Å². The molecule has 0 radical (unpaired) electrons. The van der Waals surface area contributed by atoms with Crippen molar-refractivity contribution in [1.29, 1.82) is 0 Å². The van der Waals surface area contributed by atoms with Gasteiger partial charge in [-0.15, -0.1) is 11.8 Å². The topological polar surface area (TPSA) is 38.3 Å². The molecule has 0 aromatic rings. The molecule has 1 aliphatic heterocycles. The molecule has 1 heterocycles. The lowest BCUT2D eigenvalue weighted by Gasteiger charge is -2.38. The van der Waals surface area contributed by atoms with Gasteiger partial charge in [-0.3, -0.25) is 10.1 Å². The van der Waals surface area contributed by atoms with E-state index in [1.165, 1.54) is 12.8 Å². The van der Waals surface area contributed by atoms with Gasteiger partial charge in [-0.25, -0.2) is 0 Å². The SMILES string of the molecule is CC(C)C1CCC(C)(OC(=O)[C@@H]2CSCN2)CC1. The highest BCUT2D eigenvalue weighted by atomic mass is 32.2. The maximum absolute atomic E-state index is 12.0. The smallest absolute Gasteiger partial charge is 0.324 e. The van der Waals surface area contributed by atoms with Crippen molar-refractivity contribution in [2.75, 3.05) is 11.6 Å². The van der Waals surface area contributed by atoms with E-state index < -0.39 is 0 Å². The lowest BCUT2D eigenvalue weighted by molar-refractivity contribution is -0.164. The van der Waals surface area contributed by atoms with E-state index in [1.807, 2.05) is 0 Å². The van der Waals surface area contributed by atoms with Crippen molar-refractivity contribution in [2.45, 2.75) is 58.1 Å². The molecule has 1 atom stereocenters. The Bertz CT molecular complexity index is 292. The Hall–Kier alpha value is -0.220. The zero-order chi connectivity index (χ0) is 13.2. The van der Waals surface area contributed by atoms with Gasteiger partial charge in [0.15, 0.2) is 0 Å². The van der Waals surface area contributed by atoms with Crippen molar-refractivity contribution >= 4 is 17.7 Å². The van der Waals surface area contributed by atoms with Gasteiger partial charge >= 0.3 is 5.97 Å². The Labute approximate surface area is 114 Å². The average Bonchev–Trinajstić information content (AvgIpc) is 2.82. The molecule has 2 aliphatic rings. The number of rotatable bonds is 3. The molecule has 1 saturated carbocycles. The zero-order valence-electron chi connectivity index (χ0n) is 11.7. The van der Waals surface area contributed by atoms with Crippen LogP contribution in [0.1, 0.15) is 46.5 Å². The summed E-state index contributed by atoms with van der Waals surface area (Å²) in [6, 6.07) is -0.0883. The van der Waals surface area contributed by atoms with Gasteiger partial charge in [-0.1, -0.05) is 13.8 Å². The lowest BCUT2D eigenvalue weighted by atomic mass is 9.75. The second kappa shape index (κ2) is 5.83. The van der Waals surface area contributed by atoms with Gasteiger partial charge in [0.2, 0.25) is 0 Å². The predicted molar refractivity (Wildman–Crippen MR) is 75.5 cm³/mol. The van der Waals surface area contributed by atoms with E-state index >= 15 is 0 Å². The first-order valence-electron chi connectivity index (χ1n) is 7.04. The van der Waals surface area contributed by atoms with Crippen LogP contribution in [0.2, 0.25) is 0 Å². The van der Waals surface area contributed by atoms with Gasteiger partial charge in [0, 0.05) is 11.6 Å². The number of hydrogen-bond acceptors (Lipinski definition) is 4. The summed E-state index contributed by atoms with van der Waals surface area (Å²) in [5.41, 5.74) is -0.225. The largest absolute Gasteiger partial charge is 0.458 e. The van der Waals surface area contributed by atoms with E-state index in [2.05, 4.69) is 26.1 Å². The minimum Gasteiger partial charge on any atom is -0.458 e. The highest BCUT2D eigenvalue weighted by molar-refractivity contribution is 7.99. The van der Waals surface area contributed by atoms with Crippen LogP contribution >= 0.6 is 11.8 Å². The maximum atomic E-state index is 12.0. The molecule has 2 rings (SSSR count). The van der Waals surface area contributed by atoms with Gasteiger partial charge in [0.1, 0.15) is 11.6 Å². The van der Waals surface area contributed by atoms with Gasteiger partial charge < -0.3 is 4.74 Å². The van der Waals surface area contributed by atoms with Crippen LogP contribution in [-0.4, -0.2) is 29.2 Å². The highest BCUT2D eigenvalue weighted by Gasteiger charge is 2.37. The monoisotopic (exact) mass is 271 g/mol. The molecule has 0 amide bonds. The second-order valence-corrected chi connectivity index (χ2v) is 7.25. The van der Waals surface area contributed by atoms with E-state index in [1.54, 1.807) is 11.8 Å². The highest BCUT2D eigenvalue weighted by Crippen LogP contribution is 2.38. The summed E-state index contributed by atoms with van der Waals surface area (Å²) in [6.07, 6.45) is 4.41. The molecule has 3 nitrogen and oxygen atoms in total. The average molecular weight is 271 g/mol. The molecular weight excluding hydrogens is 246 g/mol. The summed E-state index contributed by atoms with van der Waals surface area (Å²) in [5.74, 6) is 3.22. The van der Waals surface area contributed by atoms with Gasteiger partial charge in [0.25, 0.3) is 0 Å². The molecule has 18 heavy (non-hydrogen) atoms. The first-order valence-corrected chi connectivity index (χ1v) is 8.20. The number of esters is 1. The number of carbonyl (C=O) groups is 1. The number of thioether (sulfide) groups is 1. The van der Waals surface area contributed by atoms with Crippen molar-refractivity contribution < 1.29 is 9.53 Å². The Balaban J connectivity index is 1.83. The third-order valence-corrected chi connectivity index (χ3v) is 5.32. The van der Waals surface area contributed by atoms with Crippen molar-refractivity contribution in [3.63, 3.8) is 0 Å². The van der Waals surface area contributed by atoms with Crippen LogP contribution < -0.4 is 5.32 Å². The summed E-state index contributed by atoms with van der Waals surface area (Å²) in [5, 5.41) is 3.18. The second-order valence-electron chi connectivity index (χ2n) is 6.22. The summed E-state index contributed by atoms with van der Waals surface area (Å²) in [7, 11) is 0. The Morgan fingerprint density at radius 2 is 2.06 bits per heavy atom. The van der Waals surface area contributed by atoms with Gasteiger partial charge in [0.05, 0.1) is 0 Å². The first-order chi connectivity index (χ1) is 8.50. The molecule has 4 heteroatoms. The molecule has 0 bridgehead atoms. The van der Waals surface area contributed by atoms with Gasteiger partial charge in [-0.2, -0.15) is 0 Å². The van der Waals surface area contributed by atoms with E-state index in [0.29, 0.717) is 0 Å². The minimum atomic E-state index is -0.225. The number of ether oxygens (including phenoxy) is 1. The molecule has 2 fully saturated rings. The van der Waals surface area contributed by atoms with Gasteiger partial charge in [-0.05, 0) is 44.4 Å². The van der Waals surface area contributed by atoms with Crippen molar-refractivity contribution in [1.82, 2.24) is 5.32 Å². The molecule has 1 N–H and O–H groups in total. The van der Waals surface area contributed by atoms with Crippen LogP contribution in [-0.2, 0) is 9.53 Å². The normalized spacial score (nSPS) is 36.9. The number of carbonyl (C=O) groups excluding carboxylic acids is 1. The van der Waals surface area contributed by atoms with Crippen molar-refractivity contribution in [2.24, 2.45) is 11.8 Å². The third-order valence-electron chi connectivity index (χ3n) is 4.38. The summed E-state index contributed by atoms with van der Waals surface area (Å²) >= 11 is 1.76. The fourth-order valence-corrected chi connectivity index (χ4v) is 3.81. The van der Waals surface area contributed by atoms with E-state index in [0.717, 1.165) is 36.3 Å². The molecule has 0 aromatic carbocycles. The molecule has 0 aromatic heterocycles. The Morgan fingerprint density at radius 3 is 2.56 bits per heavy atom. The minimum absolute atomic E-state index is 0.0505. The Kier molecular flexibility index (Phi) is 4.59. The summed E-state index contributed by atoms with van der Waals surface area (Å²) in [4.78, 5) is 12.0.